The van der Waals surface area contributed by atoms with Crippen LogP contribution in [0.3, 0.4) is 0 Å². The molecule has 1 heterocycles. The minimum atomic E-state index is -0.980. The van der Waals surface area contributed by atoms with Crippen LogP contribution in [-0.4, -0.2) is 29.1 Å². The van der Waals surface area contributed by atoms with Crippen LogP contribution in [0.2, 0.25) is 0 Å². The highest BCUT2D eigenvalue weighted by atomic mass is 79.9. The standard InChI is InChI=1S/C11H13BrN2O2/c1-3-5-14(4-2)10-9(11(15)16)6-8(12)7-13-10/h3,6-7H,1,4-5H2,2H3,(H,15,16). The lowest BCUT2D eigenvalue weighted by Crippen LogP contribution is -2.25. The van der Waals surface area contributed by atoms with Crippen LogP contribution in [0.5, 0.6) is 0 Å². The van der Waals surface area contributed by atoms with E-state index < -0.39 is 5.97 Å². The number of hydrogen-bond acceptors (Lipinski definition) is 3. The van der Waals surface area contributed by atoms with Crippen molar-refractivity contribution >= 4 is 27.7 Å². The van der Waals surface area contributed by atoms with E-state index in [2.05, 4.69) is 27.5 Å². The van der Waals surface area contributed by atoms with Gasteiger partial charge in [-0.3, -0.25) is 0 Å². The first-order valence-electron chi connectivity index (χ1n) is 4.84. The Bertz CT molecular complexity index is 407. The summed E-state index contributed by atoms with van der Waals surface area (Å²) in [5, 5.41) is 9.09. The molecule has 0 aliphatic carbocycles. The minimum absolute atomic E-state index is 0.193. The van der Waals surface area contributed by atoms with Crippen molar-refractivity contribution in [1.29, 1.82) is 0 Å². The number of hydrogen-bond donors (Lipinski definition) is 1. The van der Waals surface area contributed by atoms with Gasteiger partial charge in [-0.15, -0.1) is 6.58 Å². The number of nitrogens with zero attached hydrogens (tertiary/aromatic N) is 2. The molecule has 16 heavy (non-hydrogen) atoms. The predicted octanol–water partition coefficient (Wildman–Crippen LogP) is 2.55. The minimum Gasteiger partial charge on any atom is -0.478 e. The summed E-state index contributed by atoms with van der Waals surface area (Å²) in [5.41, 5.74) is 0.193. The summed E-state index contributed by atoms with van der Waals surface area (Å²) in [4.78, 5) is 17.1. The molecule has 1 aromatic rings. The third kappa shape index (κ3) is 2.82. The van der Waals surface area contributed by atoms with Crippen molar-refractivity contribution in [3.63, 3.8) is 0 Å². The summed E-state index contributed by atoms with van der Waals surface area (Å²) in [5.74, 6) is -0.510. The molecule has 4 nitrogen and oxygen atoms in total. The van der Waals surface area contributed by atoms with Crippen molar-refractivity contribution in [3.05, 3.63) is 35.0 Å². The van der Waals surface area contributed by atoms with Crippen LogP contribution in [0.1, 0.15) is 17.3 Å². The average Bonchev–Trinajstić information content (AvgIpc) is 2.26. The van der Waals surface area contributed by atoms with E-state index in [-0.39, 0.29) is 5.56 Å². The molecular weight excluding hydrogens is 272 g/mol. The van der Waals surface area contributed by atoms with Gasteiger partial charge in [0.25, 0.3) is 0 Å². The summed E-state index contributed by atoms with van der Waals surface area (Å²) >= 11 is 3.21. The third-order valence-corrected chi connectivity index (χ3v) is 2.53. The molecule has 0 spiro atoms. The molecule has 0 fully saturated rings. The van der Waals surface area contributed by atoms with E-state index in [0.717, 1.165) is 0 Å². The summed E-state index contributed by atoms with van der Waals surface area (Å²) in [6.45, 7) is 6.84. The lowest BCUT2D eigenvalue weighted by atomic mass is 10.2. The molecule has 0 aromatic carbocycles. The quantitative estimate of drug-likeness (QED) is 0.845. The number of anilines is 1. The van der Waals surface area contributed by atoms with Gasteiger partial charge in [0.15, 0.2) is 0 Å². The Morgan fingerprint density at radius 1 is 1.75 bits per heavy atom. The molecule has 0 amide bonds. The number of carboxylic acid groups (broad SMARTS) is 1. The fraction of sp³-hybridized carbons (Fsp3) is 0.273. The lowest BCUT2D eigenvalue weighted by Gasteiger charge is -2.21. The van der Waals surface area contributed by atoms with E-state index in [1.165, 1.54) is 0 Å². The predicted molar refractivity (Wildman–Crippen MR) is 67.0 cm³/mol. The normalized spacial score (nSPS) is 9.88. The van der Waals surface area contributed by atoms with Gasteiger partial charge >= 0.3 is 5.97 Å². The van der Waals surface area contributed by atoms with Crippen LogP contribution < -0.4 is 4.90 Å². The van der Waals surface area contributed by atoms with Gasteiger partial charge in [0.1, 0.15) is 11.4 Å². The topological polar surface area (TPSA) is 53.4 Å². The van der Waals surface area contributed by atoms with Crippen molar-refractivity contribution in [3.8, 4) is 0 Å². The smallest absolute Gasteiger partial charge is 0.339 e. The number of pyridine rings is 1. The summed E-state index contributed by atoms with van der Waals surface area (Å²) in [7, 11) is 0. The first kappa shape index (κ1) is 12.7. The number of likely N-dealkylation sites (N-methyl/N-ethyl adjacent to an activating group) is 1. The maximum absolute atomic E-state index is 11.1. The third-order valence-electron chi connectivity index (χ3n) is 2.09. The van der Waals surface area contributed by atoms with Crippen LogP contribution in [0.4, 0.5) is 5.82 Å². The molecule has 0 bridgehead atoms. The first-order valence-corrected chi connectivity index (χ1v) is 5.64. The van der Waals surface area contributed by atoms with Gasteiger partial charge in [0, 0.05) is 23.8 Å². The van der Waals surface area contributed by atoms with E-state index in [1.807, 2.05) is 11.8 Å². The Labute approximate surface area is 103 Å². The summed E-state index contributed by atoms with van der Waals surface area (Å²) < 4.78 is 0.656. The van der Waals surface area contributed by atoms with Gasteiger partial charge in [-0.25, -0.2) is 9.78 Å². The largest absolute Gasteiger partial charge is 0.478 e. The van der Waals surface area contributed by atoms with Crippen molar-refractivity contribution in [2.45, 2.75) is 6.92 Å². The van der Waals surface area contributed by atoms with E-state index >= 15 is 0 Å². The number of aromatic nitrogens is 1. The molecule has 0 radical (unpaired) electrons. The Hall–Kier alpha value is -1.36. The second-order valence-corrected chi connectivity index (χ2v) is 4.07. The van der Waals surface area contributed by atoms with Crippen molar-refractivity contribution in [1.82, 2.24) is 4.98 Å². The van der Waals surface area contributed by atoms with Crippen LogP contribution >= 0.6 is 15.9 Å². The van der Waals surface area contributed by atoms with Crippen LogP contribution in [0, 0.1) is 0 Å². The van der Waals surface area contributed by atoms with Crippen molar-refractivity contribution < 1.29 is 9.90 Å². The molecule has 0 saturated heterocycles. The van der Waals surface area contributed by atoms with Gasteiger partial charge < -0.3 is 10.0 Å². The SMILES string of the molecule is C=CCN(CC)c1ncc(Br)cc1C(=O)O. The molecule has 0 saturated carbocycles. The molecule has 1 aromatic heterocycles. The maximum Gasteiger partial charge on any atom is 0.339 e. The second-order valence-electron chi connectivity index (χ2n) is 3.16. The molecule has 5 heteroatoms. The average molecular weight is 285 g/mol. The van der Waals surface area contributed by atoms with E-state index in [4.69, 9.17) is 5.11 Å². The Kier molecular flexibility index (Phi) is 4.49. The zero-order valence-electron chi connectivity index (χ0n) is 8.98. The van der Waals surface area contributed by atoms with Gasteiger partial charge in [-0.2, -0.15) is 0 Å². The number of carbonyl (C=O) groups is 1. The van der Waals surface area contributed by atoms with Crippen LogP contribution in [-0.2, 0) is 0 Å². The lowest BCUT2D eigenvalue weighted by molar-refractivity contribution is 0.0697. The van der Waals surface area contributed by atoms with E-state index in [1.54, 1.807) is 18.3 Å². The van der Waals surface area contributed by atoms with Gasteiger partial charge in [-0.1, -0.05) is 6.08 Å². The van der Waals surface area contributed by atoms with Crippen LogP contribution in [0.15, 0.2) is 29.4 Å². The molecule has 1 N–H and O–H groups in total. The molecular formula is C11H13BrN2O2. The number of aromatic carboxylic acids is 1. The number of rotatable bonds is 5. The maximum atomic E-state index is 11.1. The Morgan fingerprint density at radius 2 is 2.44 bits per heavy atom. The first-order chi connectivity index (χ1) is 7.60. The molecule has 0 unspecified atom stereocenters. The zero-order chi connectivity index (χ0) is 12.1. The fourth-order valence-electron chi connectivity index (χ4n) is 1.36. The van der Waals surface area contributed by atoms with Crippen molar-refractivity contribution in [2.24, 2.45) is 0 Å². The van der Waals surface area contributed by atoms with Gasteiger partial charge in [0.05, 0.1) is 0 Å². The van der Waals surface area contributed by atoms with Gasteiger partial charge in [-0.05, 0) is 28.9 Å². The highest BCUT2D eigenvalue weighted by Gasteiger charge is 2.16. The zero-order valence-corrected chi connectivity index (χ0v) is 10.6. The Balaban J connectivity index is 3.19. The van der Waals surface area contributed by atoms with E-state index in [9.17, 15) is 4.79 Å². The van der Waals surface area contributed by atoms with Gasteiger partial charge in [0.2, 0.25) is 0 Å². The van der Waals surface area contributed by atoms with Crippen molar-refractivity contribution in [2.75, 3.05) is 18.0 Å². The number of halogens is 1. The molecule has 0 aliphatic rings. The summed E-state index contributed by atoms with van der Waals surface area (Å²) in [6.07, 6.45) is 3.31. The number of carboxylic acids is 1. The molecule has 0 atom stereocenters. The van der Waals surface area contributed by atoms with Crippen LogP contribution in [0.25, 0.3) is 0 Å². The van der Waals surface area contributed by atoms with E-state index in [0.29, 0.717) is 23.4 Å². The molecule has 1 rings (SSSR count). The second kappa shape index (κ2) is 5.65. The summed E-state index contributed by atoms with van der Waals surface area (Å²) in [6, 6.07) is 1.55. The monoisotopic (exact) mass is 284 g/mol. The highest BCUT2D eigenvalue weighted by Crippen LogP contribution is 2.21. The molecule has 86 valence electrons. The Morgan fingerprint density at radius 3 is 2.94 bits per heavy atom. The fourth-order valence-corrected chi connectivity index (χ4v) is 1.69. The highest BCUT2D eigenvalue weighted by molar-refractivity contribution is 9.10. The molecule has 0 aliphatic heterocycles.